The van der Waals surface area contributed by atoms with Crippen LogP contribution in [0.2, 0.25) is 0 Å². The van der Waals surface area contributed by atoms with Gasteiger partial charge in [0, 0.05) is 12.0 Å². The van der Waals surface area contributed by atoms with Gasteiger partial charge in [0.1, 0.15) is 5.75 Å². The van der Waals surface area contributed by atoms with Crippen molar-refractivity contribution in [2.45, 2.75) is 12.8 Å². The van der Waals surface area contributed by atoms with Gasteiger partial charge in [0.15, 0.2) is 0 Å². The third-order valence-corrected chi connectivity index (χ3v) is 1.58. The zero-order chi connectivity index (χ0) is 11.5. The molecule has 0 spiro atoms. The van der Waals surface area contributed by atoms with Crippen molar-refractivity contribution in [3.05, 3.63) is 29.8 Å². The van der Waals surface area contributed by atoms with E-state index >= 15 is 0 Å². The topological polar surface area (TPSA) is 59.1 Å². The predicted molar refractivity (Wildman–Crippen MR) is 48.7 cm³/mol. The number of benzene rings is 1. The molecule has 0 aromatic heterocycles. The molecule has 1 aromatic rings. The Hall–Kier alpha value is -1.72. The normalized spacial score (nSPS) is 11.1. The fraction of sp³-hybridized carbons (Fsp3) is 0.222. The van der Waals surface area contributed by atoms with Crippen molar-refractivity contribution in [3.8, 4) is 5.75 Å². The number of alkyl halides is 3. The third kappa shape index (κ3) is 3.88. The molecule has 0 aliphatic carbocycles. The SMILES string of the molecule is N=C(N)Cc1ccccc1OC(F)(F)F. The summed E-state index contributed by atoms with van der Waals surface area (Å²) in [7, 11) is 0. The van der Waals surface area contributed by atoms with Crippen molar-refractivity contribution in [1.29, 1.82) is 5.41 Å². The van der Waals surface area contributed by atoms with Gasteiger partial charge >= 0.3 is 6.36 Å². The van der Waals surface area contributed by atoms with Gasteiger partial charge in [-0.2, -0.15) is 0 Å². The number of hydrogen-bond donors (Lipinski definition) is 2. The minimum absolute atomic E-state index is 0.0632. The highest BCUT2D eigenvalue weighted by Crippen LogP contribution is 2.26. The summed E-state index contributed by atoms with van der Waals surface area (Å²) >= 11 is 0. The lowest BCUT2D eigenvalue weighted by Crippen LogP contribution is -2.19. The van der Waals surface area contributed by atoms with Gasteiger partial charge in [-0.3, -0.25) is 5.41 Å². The molecular formula is C9H9F3N2O. The summed E-state index contributed by atoms with van der Waals surface area (Å²) in [6.07, 6.45) is -4.79. The van der Waals surface area contributed by atoms with E-state index in [1.807, 2.05) is 0 Å². The predicted octanol–water partition coefficient (Wildman–Crippen LogP) is 2.06. The average Bonchev–Trinajstić information content (AvgIpc) is 2.05. The monoisotopic (exact) mass is 218 g/mol. The molecule has 0 atom stereocenters. The molecule has 0 radical (unpaired) electrons. The van der Waals surface area contributed by atoms with E-state index in [2.05, 4.69) is 4.74 Å². The molecule has 82 valence electrons. The number of nitrogens with two attached hydrogens (primary N) is 1. The minimum Gasteiger partial charge on any atom is -0.405 e. The Bertz CT molecular complexity index is 363. The van der Waals surface area contributed by atoms with Gasteiger partial charge < -0.3 is 10.5 Å². The van der Waals surface area contributed by atoms with Crippen molar-refractivity contribution in [1.82, 2.24) is 0 Å². The second-order valence-electron chi connectivity index (χ2n) is 2.86. The largest absolute Gasteiger partial charge is 0.573 e. The van der Waals surface area contributed by atoms with E-state index in [0.717, 1.165) is 0 Å². The molecule has 6 heteroatoms. The first kappa shape index (κ1) is 11.4. The third-order valence-electron chi connectivity index (χ3n) is 1.58. The Balaban J connectivity index is 2.91. The minimum atomic E-state index is -4.73. The molecule has 0 saturated carbocycles. The first-order valence-electron chi connectivity index (χ1n) is 4.05. The fourth-order valence-corrected chi connectivity index (χ4v) is 1.08. The molecule has 1 aromatic carbocycles. The summed E-state index contributed by atoms with van der Waals surface area (Å²) in [6, 6.07) is 5.60. The quantitative estimate of drug-likeness (QED) is 0.602. The van der Waals surface area contributed by atoms with Crippen molar-refractivity contribution >= 4 is 5.84 Å². The standard InChI is InChI=1S/C9H9F3N2O/c10-9(11,12)15-7-4-2-1-3-6(7)5-8(13)14/h1-4H,5H2,(H3,13,14). The molecule has 0 aliphatic rings. The van der Waals surface area contributed by atoms with Crippen molar-refractivity contribution in [2.24, 2.45) is 5.73 Å². The highest BCUT2D eigenvalue weighted by atomic mass is 19.4. The van der Waals surface area contributed by atoms with Gasteiger partial charge in [0.2, 0.25) is 0 Å². The molecule has 0 aliphatic heterocycles. The zero-order valence-electron chi connectivity index (χ0n) is 7.64. The number of para-hydroxylation sites is 1. The van der Waals surface area contributed by atoms with Gasteiger partial charge in [-0.1, -0.05) is 18.2 Å². The molecule has 3 nitrogen and oxygen atoms in total. The molecule has 0 bridgehead atoms. The van der Waals surface area contributed by atoms with E-state index in [0.29, 0.717) is 0 Å². The van der Waals surface area contributed by atoms with Crippen LogP contribution in [0.1, 0.15) is 5.56 Å². The number of amidine groups is 1. The highest BCUT2D eigenvalue weighted by Gasteiger charge is 2.31. The van der Waals surface area contributed by atoms with Crippen LogP contribution >= 0.6 is 0 Å². The lowest BCUT2D eigenvalue weighted by molar-refractivity contribution is -0.274. The van der Waals surface area contributed by atoms with Crippen LogP contribution in [0.3, 0.4) is 0 Å². The van der Waals surface area contributed by atoms with Crippen LogP contribution in [0.15, 0.2) is 24.3 Å². The van der Waals surface area contributed by atoms with Gasteiger partial charge in [-0.25, -0.2) is 0 Å². The smallest absolute Gasteiger partial charge is 0.405 e. The van der Waals surface area contributed by atoms with E-state index in [1.54, 1.807) is 6.07 Å². The molecule has 1 rings (SSSR count). The molecule has 0 amide bonds. The summed E-state index contributed by atoms with van der Waals surface area (Å²) < 4.78 is 39.6. The molecular weight excluding hydrogens is 209 g/mol. The Morgan fingerprint density at radius 3 is 2.47 bits per heavy atom. The summed E-state index contributed by atoms with van der Waals surface area (Å²) in [4.78, 5) is 0. The van der Waals surface area contributed by atoms with E-state index in [4.69, 9.17) is 11.1 Å². The van der Waals surface area contributed by atoms with E-state index in [-0.39, 0.29) is 23.6 Å². The van der Waals surface area contributed by atoms with Crippen molar-refractivity contribution in [2.75, 3.05) is 0 Å². The van der Waals surface area contributed by atoms with E-state index in [1.165, 1.54) is 18.2 Å². The molecule has 15 heavy (non-hydrogen) atoms. The second kappa shape index (κ2) is 4.20. The number of rotatable bonds is 3. The van der Waals surface area contributed by atoms with Crippen molar-refractivity contribution < 1.29 is 17.9 Å². The Morgan fingerprint density at radius 1 is 1.33 bits per heavy atom. The van der Waals surface area contributed by atoms with Crippen molar-refractivity contribution in [3.63, 3.8) is 0 Å². The van der Waals surface area contributed by atoms with Crippen LogP contribution in [0.25, 0.3) is 0 Å². The Kier molecular flexibility index (Phi) is 3.18. The molecule has 0 heterocycles. The fourth-order valence-electron chi connectivity index (χ4n) is 1.08. The number of nitrogens with one attached hydrogen (secondary N) is 1. The van der Waals surface area contributed by atoms with E-state index < -0.39 is 6.36 Å². The maximum absolute atomic E-state index is 12.0. The van der Waals surface area contributed by atoms with Gasteiger partial charge in [-0.15, -0.1) is 13.2 Å². The Labute approximate surface area is 84.2 Å². The first-order chi connectivity index (χ1) is 6.88. The summed E-state index contributed by atoms with van der Waals surface area (Å²) in [5, 5.41) is 7.00. The van der Waals surface area contributed by atoms with E-state index in [9.17, 15) is 13.2 Å². The van der Waals surface area contributed by atoms with Crippen LogP contribution in [0.4, 0.5) is 13.2 Å². The Morgan fingerprint density at radius 2 is 1.93 bits per heavy atom. The molecule has 0 unspecified atom stereocenters. The van der Waals surface area contributed by atoms with Gasteiger partial charge in [0.25, 0.3) is 0 Å². The average molecular weight is 218 g/mol. The van der Waals surface area contributed by atoms with Crippen LogP contribution in [0.5, 0.6) is 5.75 Å². The molecule has 3 N–H and O–H groups in total. The molecule has 0 fully saturated rings. The summed E-state index contributed by atoms with van der Waals surface area (Å²) in [5.41, 5.74) is 5.34. The van der Waals surface area contributed by atoms with Gasteiger partial charge in [0.05, 0.1) is 5.84 Å². The van der Waals surface area contributed by atoms with Crippen LogP contribution < -0.4 is 10.5 Å². The van der Waals surface area contributed by atoms with Gasteiger partial charge in [-0.05, 0) is 6.07 Å². The molecule has 0 saturated heterocycles. The number of halogens is 3. The first-order valence-corrected chi connectivity index (χ1v) is 4.05. The summed E-state index contributed by atoms with van der Waals surface area (Å²) in [5.74, 6) is -0.534. The maximum atomic E-state index is 12.0. The lowest BCUT2D eigenvalue weighted by Gasteiger charge is -2.12. The maximum Gasteiger partial charge on any atom is 0.573 e. The second-order valence-corrected chi connectivity index (χ2v) is 2.86. The number of hydrogen-bond acceptors (Lipinski definition) is 2. The number of ether oxygens (including phenoxy) is 1. The van der Waals surface area contributed by atoms with Crippen LogP contribution in [-0.2, 0) is 6.42 Å². The van der Waals surface area contributed by atoms with Crippen LogP contribution in [0, 0.1) is 5.41 Å². The van der Waals surface area contributed by atoms with Crippen LogP contribution in [-0.4, -0.2) is 12.2 Å². The zero-order valence-corrected chi connectivity index (χ0v) is 7.64. The lowest BCUT2D eigenvalue weighted by atomic mass is 10.1. The highest BCUT2D eigenvalue weighted by molar-refractivity contribution is 5.80. The summed E-state index contributed by atoms with van der Waals surface area (Å²) in [6.45, 7) is 0.